The molecule has 0 aliphatic carbocycles. The Morgan fingerprint density at radius 1 is 1.17 bits per heavy atom. The first kappa shape index (κ1) is 14.7. The molecule has 0 aliphatic rings. The number of amides is 1. The van der Waals surface area contributed by atoms with E-state index in [-0.39, 0.29) is 11.8 Å². The number of hydrogen-bond donors (Lipinski definition) is 2. The Balaban J connectivity index is 2.39. The van der Waals surface area contributed by atoms with Crippen molar-refractivity contribution in [1.82, 2.24) is 10.6 Å². The maximum atomic E-state index is 12.1. The zero-order valence-corrected chi connectivity index (χ0v) is 11.4. The quantitative estimate of drug-likeness (QED) is 0.693. The van der Waals surface area contributed by atoms with Gasteiger partial charge in [-0.15, -0.1) is 0 Å². The molecule has 1 atom stereocenters. The van der Waals surface area contributed by atoms with E-state index in [1.165, 1.54) is 0 Å². The molecule has 1 unspecified atom stereocenters. The summed E-state index contributed by atoms with van der Waals surface area (Å²) in [5, 5.41) is 6.26. The summed E-state index contributed by atoms with van der Waals surface area (Å²) in [7, 11) is 0. The molecular weight excluding hydrogens is 224 g/mol. The fourth-order valence-corrected chi connectivity index (χ4v) is 1.98. The van der Waals surface area contributed by atoms with Gasteiger partial charge in [-0.25, -0.2) is 0 Å². The van der Waals surface area contributed by atoms with Gasteiger partial charge in [-0.2, -0.15) is 0 Å². The van der Waals surface area contributed by atoms with Gasteiger partial charge in [0.05, 0.1) is 5.92 Å². The highest BCUT2D eigenvalue weighted by atomic mass is 16.1. The van der Waals surface area contributed by atoms with E-state index in [4.69, 9.17) is 0 Å². The van der Waals surface area contributed by atoms with Crippen molar-refractivity contribution in [2.24, 2.45) is 0 Å². The molecule has 0 saturated carbocycles. The predicted molar refractivity (Wildman–Crippen MR) is 75.6 cm³/mol. The van der Waals surface area contributed by atoms with E-state index in [0.717, 1.165) is 38.0 Å². The fourth-order valence-electron chi connectivity index (χ4n) is 1.98. The van der Waals surface area contributed by atoms with Crippen molar-refractivity contribution in [1.29, 1.82) is 0 Å². The summed E-state index contributed by atoms with van der Waals surface area (Å²) in [5.41, 5.74) is 1.10. The molecule has 3 nitrogen and oxygen atoms in total. The van der Waals surface area contributed by atoms with Crippen LogP contribution in [0.4, 0.5) is 0 Å². The van der Waals surface area contributed by atoms with Gasteiger partial charge in [-0.3, -0.25) is 4.79 Å². The van der Waals surface area contributed by atoms with Gasteiger partial charge in [0.15, 0.2) is 0 Å². The first-order chi connectivity index (χ1) is 8.79. The molecule has 1 aromatic carbocycles. The molecule has 0 aromatic heterocycles. The van der Waals surface area contributed by atoms with Crippen molar-refractivity contribution in [2.75, 3.05) is 19.6 Å². The molecule has 2 N–H and O–H groups in total. The molecule has 1 rings (SSSR count). The largest absolute Gasteiger partial charge is 0.356 e. The van der Waals surface area contributed by atoms with Gasteiger partial charge in [0.2, 0.25) is 5.91 Å². The Morgan fingerprint density at radius 2 is 1.89 bits per heavy atom. The lowest BCUT2D eigenvalue weighted by Crippen LogP contribution is -2.31. The second kappa shape index (κ2) is 8.70. The topological polar surface area (TPSA) is 41.1 Å². The van der Waals surface area contributed by atoms with Crippen molar-refractivity contribution in [2.45, 2.75) is 32.6 Å². The van der Waals surface area contributed by atoms with Crippen LogP contribution in [0.25, 0.3) is 0 Å². The van der Waals surface area contributed by atoms with Gasteiger partial charge in [-0.05, 0) is 31.5 Å². The normalized spacial score (nSPS) is 12.1. The molecule has 1 amide bonds. The van der Waals surface area contributed by atoms with Crippen LogP contribution in [-0.4, -0.2) is 25.5 Å². The van der Waals surface area contributed by atoms with Gasteiger partial charge in [0, 0.05) is 6.54 Å². The molecule has 0 spiro atoms. The fraction of sp³-hybridized carbons (Fsp3) is 0.533. The van der Waals surface area contributed by atoms with Crippen LogP contribution in [-0.2, 0) is 4.79 Å². The minimum absolute atomic E-state index is 0.0228. The van der Waals surface area contributed by atoms with E-state index >= 15 is 0 Å². The second-order valence-electron chi connectivity index (χ2n) is 4.37. The predicted octanol–water partition coefficient (Wildman–Crippen LogP) is 2.30. The van der Waals surface area contributed by atoms with Crippen LogP contribution in [0.2, 0.25) is 0 Å². The van der Waals surface area contributed by atoms with Gasteiger partial charge in [0.25, 0.3) is 0 Å². The van der Waals surface area contributed by atoms with Crippen molar-refractivity contribution < 1.29 is 4.79 Å². The van der Waals surface area contributed by atoms with E-state index in [1.54, 1.807) is 0 Å². The molecule has 0 fully saturated rings. The third-order valence-corrected chi connectivity index (χ3v) is 3.01. The zero-order valence-electron chi connectivity index (χ0n) is 11.4. The van der Waals surface area contributed by atoms with Crippen molar-refractivity contribution in [3.05, 3.63) is 35.9 Å². The highest BCUT2D eigenvalue weighted by Crippen LogP contribution is 2.18. The lowest BCUT2D eigenvalue weighted by Gasteiger charge is -2.15. The summed E-state index contributed by atoms with van der Waals surface area (Å²) in [6.07, 6.45) is 1.81. The third kappa shape index (κ3) is 4.88. The number of hydrogen-bond acceptors (Lipinski definition) is 2. The Morgan fingerprint density at radius 3 is 2.50 bits per heavy atom. The molecule has 3 heteroatoms. The molecule has 0 aliphatic heterocycles. The Hall–Kier alpha value is -1.35. The van der Waals surface area contributed by atoms with E-state index < -0.39 is 0 Å². The number of carbonyl (C=O) groups is 1. The molecule has 18 heavy (non-hydrogen) atoms. The average Bonchev–Trinajstić information content (AvgIpc) is 2.40. The van der Waals surface area contributed by atoms with E-state index in [9.17, 15) is 4.79 Å². The van der Waals surface area contributed by atoms with Gasteiger partial charge in [0.1, 0.15) is 0 Å². The summed E-state index contributed by atoms with van der Waals surface area (Å²) in [6, 6.07) is 9.98. The SMILES string of the molecule is CCNCCCNC(=O)C(CC)c1ccccc1. The van der Waals surface area contributed by atoms with Crippen molar-refractivity contribution in [3.63, 3.8) is 0 Å². The van der Waals surface area contributed by atoms with E-state index in [2.05, 4.69) is 24.5 Å². The van der Waals surface area contributed by atoms with Crippen LogP contribution in [0.5, 0.6) is 0 Å². The maximum absolute atomic E-state index is 12.1. The number of nitrogens with one attached hydrogen (secondary N) is 2. The summed E-state index contributed by atoms with van der Waals surface area (Å²) < 4.78 is 0. The van der Waals surface area contributed by atoms with Crippen LogP contribution >= 0.6 is 0 Å². The third-order valence-electron chi connectivity index (χ3n) is 3.01. The molecule has 100 valence electrons. The summed E-state index contributed by atoms with van der Waals surface area (Å²) in [4.78, 5) is 12.1. The van der Waals surface area contributed by atoms with E-state index in [1.807, 2.05) is 30.3 Å². The van der Waals surface area contributed by atoms with Crippen LogP contribution in [0.3, 0.4) is 0 Å². The molecule has 0 saturated heterocycles. The summed E-state index contributed by atoms with van der Waals surface area (Å²) in [5.74, 6) is 0.116. The minimum Gasteiger partial charge on any atom is -0.356 e. The number of benzene rings is 1. The molecule has 0 radical (unpaired) electrons. The smallest absolute Gasteiger partial charge is 0.227 e. The second-order valence-corrected chi connectivity index (χ2v) is 4.37. The number of rotatable bonds is 8. The van der Waals surface area contributed by atoms with Crippen LogP contribution in [0.1, 0.15) is 38.2 Å². The zero-order chi connectivity index (χ0) is 13.2. The number of carbonyl (C=O) groups excluding carboxylic acids is 1. The monoisotopic (exact) mass is 248 g/mol. The van der Waals surface area contributed by atoms with Crippen LogP contribution in [0, 0.1) is 0 Å². The van der Waals surface area contributed by atoms with Gasteiger partial charge < -0.3 is 10.6 Å². The molecule has 1 aromatic rings. The van der Waals surface area contributed by atoms with Crippen molar-refractivity contribution in [3.8, 4) is 0 Å². The lowest BCUT2D eigenvalue weighted by atomic mass is 9.96. The molecule has 0 bridgehead atoms. The van der Waals surface area contributed by atoms with Crippen LogP contribution < -0.4 is 10.6 Å². The van der Waals surface area contributed by atoms with Crippen molar-refractivity contribution >= 4 is 5.91 Å². The lowest BCUT2D eigenvalue weighted by molar-refractivity contribution is -0.122. The van der Waals surface area contributed by atoms with Gasteiger partial charge >= 0.3 is 0 Å². The first-order valence-electron chi connectivity index (χ1n) is 6.83. The molecular formula is C15H24N2O. The minimum atomic E-state index is -0.0228. The molecule has 0 heterocycles. The summed E-state index contributed by atoms with van der Waals surface area (Å²) in [6.45, 7) is 6.82. The van der Waals surface area contributed by atoms with E-state index in [0.29, 0.717) is 0 Å². The standard InChI is InChI=1S/C15H24N2O/c1-3-14(13-9-6-5-7-10-13)15(18)17-12-8-11-16-4-2/h5-7,9-10,14,16H,3-4,8,11-12H2,1-2H3,(H,17,18). The highest BCUT2D eigenvalue weighted by molar-refractivity contribution is 5.83. The Kier molecular flexibility index (Phi) is 7.11. The Bertz CT molecular complexity index is 338. The van der Waals surface area contributed by atoms with Gasteiger partial charge in [-0.1, -0.05) is 44.2 Å². The first-order valence-corrected chi connectivity index (χ1v) is 6.83. The average molecular weight is 248 g/mol. The highest BCUT2D eigenvalue weighted by Gasteiger charge is 2.17. The Labute approximate surface area is 110 Å². The van der Waals surface area contributed by atoms with Crippen LogP contribution in [0.15, 0.2) is 30.3 Å². The summed E-state index contributed by atoms with van der Waals surface area (Å²) >= 11 is 0. The maximum Gasteiger partial charge on any atom is 0.227 e.